The fourth-order valence-electron chi connectivity index (χ4n) is 1.73. The van der Waals surface area contributed by atoms with Crippen LogP contribution in [0, 0.1) is 6.92 Å². The third-order valence-corrected chi connectivity index (χ3v) is 2.68. The summed E-state index contributed by atoms with van der Waals surface area (Å²) in [5.74, 6) is 1.57. The monoisotopic (exact) mass is 230 g/mol. The van der Waals surface area contributed by atoms with Gasteiger partial charge in [0.1, 0.15) is 11.6 Å². The number of carbonyl (C=O) groups is 1. The Hall–Kier alpha value is -2.10. The molecule has 2 aromatic rings. The normalized spacial score (nSPS) is 10.2. The summed E-state index contributed by atoms with van der Waals surface area (Å²) in [4.78, 5) is 17.1. The molecule has 0 aliphatic heterocycles. The van der Waals surface area contributed by atoms with E-state index in [0.29, 0.717) is 17.9 Å². The maximum absolute atomic E-state index is 10.9. The molecule has 2 rings (SSSR count). The topological polar surface area (TPSA) is 46.3 Å². The Labute approximate surface area is 99.9 Å². The van der Waals surface area contributed by atoms with Crippen LogP contribution in [0.1, 0.15) is 21.7 Å². The van der Waals surface area contributed by atoms with E-state index in [1.807, 2.05) is 24.9 Å². The Balaban J connectivity index is 2.23. The second-order valence-corrected chi connectivity index (χ2v) is 3.89. The number of furan rings is 1. The minimum Gasteiger partial charge on any atom is -0.469 e. The van der Waals surface area contributed by atoms with Gasteiger partial charge >= 0.3 is 0 Å². The van der Waals surface area contributed by atoms with Gasteiger partial charge in [-0.25, -0.2) is 4.98 Å². The van der Waals surface area contributed by atoms with Gasteiger partial charge in [0.25, 0.3) is 0 Å². The molecule has 4 heteroatoms. The van der Waals surface area contributed by atoms with E-state index >= 15 is 0 Å². The average molecular weight is 230 g/mol. The van der Waals surface area contributed by atoms with E-state index < -0.39 is 0 Å². The van der Waals surface area contributed by atoms with E-state index in [1.165, 1.54) is 0 Å². The van der Waals surface area contributed by atoms with Crippen molar-refractivity contribution in [3.8, 4) is 0 Å². The molecule has 0 bridgehead atoms. The SMILES string of the molecule is Cc1occc1CN(C)c1ncccc1C=O. The van der Waals surface area contributed by atoms with Crippen LogP contribution in [0.2, 0.25) is 0 Å². The highest BCUT2D eigenvalue weighted by molar-refractivity contribution is 5.82. The Bertz CT molecular complexity index is 520. The minimum atomic E-state index is 0.594. The molecule has 2 aromatic heterocycles. The molecular weight excluding hydrogens is 216 g/mol. The van der Waals surface area contributed by atoms with Gasteiger partial charge in [-0.3, -0.25) is 4.79 Å². The molecule has 0 spiro atoms. The van der Waals surface area contributed by atoms with Crippen molar-refractivity contribution in [2.24, 2.45) is 0 Å². The number of hydrogen-bond acceptors (Lipinski definition) is 4. The van der Waals surface area contributed by atoms with Crippen LogP contribution in [0.3, 0.4) is 0 Å². The lowest BCUT2D eigenvalue weighted by Gasteiger charge is -2.18. The van der Waals surface area contributed by atoms with Crippen LogP contribution in [0.5, 0.6) is 0 Å². The lowest BCUT2D eigenvalue weighted by molar-refractivity contribution is 0.112. The molecule has 0 amide bonds. The molecule has 4 nitrogen and oxygen atoms in total. The Morgan fingerprint density at radius 2 is 2.29 bits per heavy atom. The maximum Gasteiger partial charge on any atom is 0.153 e. The number of nitrogens with zero attached hydrogens (tertiary/aromatic N) is 2. The fourth-order valence-corrected chi connectivity index (χ4v) is 1.73. The average Bonchev–Trinajstić information content (AvgIpc) is 2.75. The molecular formula is C13H14N2O2. The third kappa shape index (κ3) is 2.36. The second-order valence-electron chi connectivity index (χ2n) is 3.89. The standard InChI is InChI=1S/C13H14N2O2/c1-10-11(5-7-17-10)8-15(2)13-12(9-16)4-3-6-14-13/h3-7,9H,8H2,1-2H3. The van der Waals surface area contributed by atoms with Crippen molar-refractivity contribution in [3.63, 3.8) is 0 Å². The summed E-state index contributed by atoms with van der Waals surface area (Å²) in [7, 11) is 1.90. The molecule has 0 N–H and O–H groups in total. The first-order valence-electron chi connectivity index (χ1n) is 5.36. The van der Waals surface area contributed by atoms with Gasteiger partial charge in [0.15, 0.2) is 6.29 Å². The summed E-state index contributed by atoms with van der Waals surface area (Å²) < 4.78 is 5.24. The number of carbonyl (C=O) groups excluding carboxylic acids is 1. The molecule has 17 heavy (non-hydrogen) atoms. The highest BCUT2D eigenvalue weighted by Crippen LogP contribution is 2.18. The molecule has 0 aliphatic carbocycles. The van der Waals surface area contributed by atoms with Crippen molar-refractivity contribution in [1.82, 2.24) is 4.98 Å². The zero-order chi connectivity index (χ0) is 12.3. The predicted molar refractivity (Wildman–Crippen MR) is 65.2 cm³/mol. The lowest BCUT2D eigenvalue weighted by Crippen LogP contribution is -2.19. The Morgan fingerprint density at radius 1 is 1.47 bits per heavy atom. The minimum absolute atomic E-state index is 0.594. The number of hydrogen-bond donors (Lipinski definition) is 0. The van der Waals surface area contributed by atoms with Gasteiger partial charge in [-0.1, -0.05) is 0 Å². The molecule has 0 saturated heterocycles. The van der Waals surface area contributed by atoms with Gasteiger partial charge in [-0.2, -0.15) is 0 Å². The number of aryl methyl sites for hydroxylation is 1. The first-order valence-corrected chi connectivity index (χ1v) is 5.36. The maximum atomic E-state index is 10.9. The number of rotatable bonds is 4. The van der Waals surface area contributed by atoms with Crippen LogP contribution in [0.25, 0.3) is 0 Å². The quantitative estimate of drug-likeness (QED) is 0.757. The van der Waals surface area contributed by atoms with Crippen molar-refractivity contribution in [2.45, 2.75) is 13.5 Å². The smallest absolute Gasteiger partial charge is 0.153 e. The van der Waals surface area contributed by atoms with Crippen LogP contribution >= 0.6 is 0 Å². The van der Waals surface area contributed by atoms with E-state index in [1.54, 1.807) is 24.6 Å². The molecule has 0 atom stereocenters. The van der Waals surface area contributed by atoms with E-state index in [9.17, 15) is 4.79 Å². The molecule has 0 unspecified atom stereocenters. The highest BCUT2D eigenvalue weighted by atomic mass is 16.3. The van der Waals surface area contributed by atoms with E-state index in [2.05, 4.69) is 4.98 Å². The van der Waals surface area contributed by atoms with E-state index in [0.717, 1.165) is 17.6 Å². The lowest BCUT2D eigenvalue weighted by atomic mass is 10.2. The third-order valence-electron chi connectivity index (χ3n) is 2.68. The van der Waals surface area contributed by atoms with E-state index in [4.69, 9.17) is 4.42 Å². The van der Waals surface area contributed by atoms with Gasteiger partial charge < -0.3 is 9.32 Å². The van der Waals surface area contributed by atoms with Crippen LogP contribution < -0.4 is 4.90 Å². The largest absolute Gasteiger partial charge is 0.469 e. The Kier molecular flexibility index (Phi) is 3.23. The first kappa shape index (κ1) is 11.4. The number of aromatic nitrogens is 1. The van der Waals surface area contributed by atoms with Gasteiger partial charge in [0, 0.05) is 25.4 Å². The van der Waals surface area contributed by atoms with Crippen LogP contribution in [0.15, 0.2) is 35.1 Å². The summed E-state index contributed by atoms with van der Waals surface area (Å²) in [6, 6.07) is 5.44. The zero-order valence-corrected chi connectivity index (χ0v) is 9.88. The highest BCUT2D eigenvalue weighted by Gasteiger charge is 2.10. The molecule has 88 valence electrons. The zero-order valence-electron chi connectivity index (χ0n) is 9.88. The molecule has 2 heterocycles. The summed E-state index contributed by atoms with van der Waals surface area (Å²) in [5.41, 5.74) is 1.69. The van der Waals surface area contributed by atoms with Gasteiger partial charge in [-0.15, -0.1) is 0 Å². The van der Waals surface area contributed by atoms with Crippen molar-refractivity contribution in [2.75, 3.05) is 11.9 Å². The number of aldehydes is 1. The van der Waals surface area contributed by atoms with Crippen molar-refractivity contribution < 1.29 is 9.21 Å². The van der Waals surface area contributed by atoms with Crippen LogP contribution in [-0.4, -0.2) is 18.3 Å². The van der Waals surface area contributed by atoms with Crippen LogP contribution in [0.4, 0.5) is 5.82 Å². The summed E-state index contributed by atoms with van der Waals surface area (Å²) in [6.07, 6.45) is 4.17. The molecule has 0 radical (unpaired) electrons. The summed E-state index contributed by atoms with van der Waals surface area (Å²) in [5, 5.41) is 0. The van der Waals surface area contributed by atoms with Crippen molar-refractivity contribution >= 4 is 12.1 Å². The number of pyridine rings is 1. The molecule has 0 fully saturated rings. The first-order chi connectivity index (χ1) is 8.22. The number of anilines is 1. The van der Waals surface area contributed by atoms with Gasteiger partial charge in [0.2, 0.25) is 0 Å². The molecule has 0 aliphatic rings. The second kappa shape index (κ2) is 4.82. The van der Waals surface area contributed by atoms with Crippen molar-refractivity contribution in [1.29, 1.82) is 0 Å². The fraction of sp³-hybridized carbons (Fsp3) is 0.231. The van der Waals surface area contributed by atoms with Gasteiger partial charge in [-0.05, 0) is 25.1 Å². The van der Waals surface area contributed by atoms with Gasteiger partial charge in [0.05, 0.1) is 11.8 Å². The van der Waals surface area contributed by atoms with Crippen molar-refractivity contribution in [3.05, 3.63) is 47.5 Å². The molecule has 0 saturated carbocycles. The Morgan fingerprint density at radius 3 is 2.94 bits per heavy atom. The van der Waals surface area contributed by atoms with E-state index in [-0.39, 0.29) is 0 Å². The molecule has 0 aromatic carbocycles. The summed E-state index contributed by atoms with van der Waals surface area (Å²) >= 11 is 0. The predicted octanol–water partition coefficient (Wildman–Crippen LogP) is 2.43. The summed E-state index contributed by atoms with van der Waals surface area (Å²) in [6.45, 7) is 2.59. The van der Waals surface area contributed by atoms with Crippen LogP contribution in [-0.2, 0) is 6.54 Å².